The SMILES string of the molecule is COc1ccc(-c2csc3nc(C)nc(N(C)CC(=O)O)c23)cc1. The Labute approximate surface area is 143 Å². The van der Waals surface area contributed by atoms with E-state index in [1.807, 2.05) is 36.6 Å². The predicted molar refractivity (Wildman–Crippen MR) is 95.0 cm³/mol. The van der Waals surface area contributed by atoms with Gasteiger partial charge in [0.25, 0.3) is 0 Å². The lowest BCUT2D eigenvalue weighted by Crippen LogP contribution is -2.26. The number of nitrogens with zero attached hydrogens (tertiary/aromatic N) is 3. The first-order valence-corrected chi connectivity index (χ1v) is 8.20. The molecule has 124 valence electrons. The van der Waals surface area contributed by atoms with Crippen LogP contribution in [-0.2, 0) is 4.79 Å². The number of aromatic nitrogens is 2. The largest absolute Gasteiger partial charge is 0.497 e. The Hall–Kier alpha value is -2.67. The Morgan fingerprint density at radius 2 is 2.00 bits per heavy atom. The van der Waals surface area contributed by atoms with Gasteiger partial charge in [-0.25, -0.2) is 9.97 Å². The lowest BCUT2D eigenvalue weighted by molar-refractivity contribution is -0.135. The maximum absolute atomic E-state index is 11.1. The van der Waals surface area contributed by atoms with Gasteiger partial charge in [-0.05, 0) is 24.6 Å². The number of carboxylic acids is 1. The summed E-state index contributed by atoms with van der Waals surface area (Å²) >= 11 is 1.53. The smallest absolute Gasteiger partial charge is 0.323 e. The van der Waals surface area contributed by atoms with Crippen molar-refractivity contribution in [2.24, 2.45) is 0 Å². The molecule has 6 nitrogen and oxygen atoms in total. The van der Waals surface area contributed by atoms with Gasteiger partial charge in [0.1, 0.15) is 28.8 Å². The van der Waals surface area contributed by atoms with E-state index in [2.05, 4.69) is 9.97 Å². The summed E-state index contributed by atoms with van der Waals surface area (Å²) < 4.78 is 5.20. The highest BCUT2D eigenvalue weighted by molar-refractivity contribution is 7.17. The van der Waals surface area contributed by atoms with Crippen LogP contribution in [0.5, 0.6) is 5.75 Å². The molecular weight excluding hydrogens is 326 g/mol. The molecule has 0 unspecified atom stereocenters. The summed E-state index contributed by atoms with van der Waals surface area (Å²) in [5.41, 5.74) is 2.00. The van der Waals surface area contributed by atoms with Crippen LogP contribution < -0.4 is 9.64 Å². The fraction of sp³-hybridized carbons (Fsp3) is 0.235. The Bertz CT molecular complexity index is 890. The van der Waals surface area contributed by atoms with Crippen LogP contribution in [0.15, 0.2) is 29.6 Å². The first kappa shape index (κ1) is 16.2. The van der Waals surface area contributed by atoms with Gasteiger partial charge in [-0.2, -0.15) is 0 Å². The molecule has 3 aromatic rings. The maximum atomic E-state index is 11.1. The zero-order valence-corrected chi connectivity index (χ0v) is 14.4. The van der Waals surface area contributed by atoms with Crippen molar-refractivity contribution in [3.63, 3.8) is 0 Å². The minimum absolute atomic E-state index is 0.122. The van der Waals surface area contributed by atoms with E-state index < -0.39 is 5.97 Å². The molecule has 0 saturated carbocycles. The number of thiophene rings is 1. The fourth-order valence-electron chi connectivity index (χ4n) is 2.56. The molecule has 0 amide bonds. The van der Waals surface area contributed by atoms with Gasteiger partial charge in [0.15, 0.2) is 0 Å². The van der Waals surface area contributed by atoms with Crippen LogP contribution in [0.1, 0.15) is 5.82 Å². The molecular formula is C17H17N3O3S. The number of ether oxygens (including phenoxy) is 1. The number of hydrogen-bond acceptors (Lipinski definition) is 6. The molecule has 0 fully saturated rings. The molecule has 2 heterocycles. The standard InChI is InChI=1S/C17H17N3O3S/c1-10-18-16(20(2)8-14(21)22)15-13(9-24-17(15)19-10)11-4-6-12(23-3)7-5-11/h4-7,9H,8H2,1-3H3,(H,21,22). The molecule has 1 N–H and O–H groups in total. The van der Waals surface area contributed by atoms with Gasteiger partial charge in [-0.15, -0.1) is 11.3 Å². The Morgan fingerprint density at radius 3 is 2.62 bits per heavy atom. The third-order valence-corrected chi connectivity index (χ3v) is 4.53. The number of methoxy groups -OCH3 is 1. The first-order valence-electron chi connectivity index (χ1n) is 7.33. The topological polar surface area (TPSA) is 75.6 Å². The highest BCUT2D eigenvalue weighted by atomic mass is 32.1. The number of rotatable bonds is 5. The number of benzene rings is 1. The summed E-state index contributed by atoms with van der Waals surface area (Å²) in [5.74, 6) is 1.14. The predicted octanol–water partition coefficient (Wildman–Crippen LogP) is 3.20. The molecule has 0 radical (unpaired) electrons. The van der Waals surface area contributed by atoms with Gasteiger partial charge in [0, 0.05) is 18.0 Å². The van der Waals surface area contributed by atoms with E-state index in [4.69, 9.17) is 9.84 Å². The Balaban J connectivity index is 2.16. The van der Waals surface area contributed by atoms with Crippen molar-refractivity contribution in [3.05, 3.63) is 35.5 Å². The number of aryl methyl sites for hydroxylation is 1. The summed E-state index contributed by atoms with van der Waals surface area (Å²) in [6.07, 6.45) is 0. The molecule has 2 aromatic heterocycles. The zero-order valence-electron chi connectivity index (χ0n) is 13.6. The van der Waals surface area contributed by atoms with E-state index in [0.29, 0.717) is 11.6 Å². The fourth-order valence-corrected chi connectivity index (χ4v) is 3.55. The second kappa shape index (κ2) is 6.45. The van der Waals surface area contributed by atoms with Crippen LogP contribution >= 0.6 is 11.3 Å². The first-order chi connectivity index (χ1) is 11.5. The molecule has 0 atom stereocenters. The van der Waals surface area contributed by atoms with Gasteiger partial charge in [-0.1, -0.05) is 12.1 Å². The lowest BCUT2D eigenvalue weighted by atomic mass is 10.1. The summed E-state index contributed by atoms with van der Waals surface area (Å²) in [6.45, 7) is 1.69. The highest BCUT2D eigenvalue weighted by Gasteiger charge is 2.18. The molecule has 0 aliphatic rings. The number of aliphatic carboxylic acids is 1. The van der Waals surface area contributed by atoms with Crippen LogP contribution in [0.2, 0.25) is 0 Å². The quantitative estimate of drug-likeness (QED) is 0.767. The molecule has 24 heavy (non-hydrogen) atoms. The van der Waals surface area contributed by atoms with Crippen LogP contribution in [0.25, 0.3) is 21.3 Å². The zero-order chi connectivity index (χ0) is 17.3. The van der Waals surface area contributed by atoms with Gasteiger partial charge < -0.3 is 14.7 Å². The molecule has 0 aliphatic carbocycles. The van der Waals surface area contributed by atoms with E-state index in [0.717, 1.165) is 27.1 Å². The summed E-state index contributed by atoms with van der Waals surface area (Å²) in [5, 5.41) is 12.0. The van der Waals surface area contributed by atoms with Crippen LogP contribution in [-0.4, -0.2) is 41.7 Å². The second-order valence-electron chi connectivity index (χ2n) is 5.40. The molecule has 0 spiro atoms. The average Bonchev–Trinajstić information content (AvgIpc) is 2.97. The monoisotopic (exact) mass is 343 g/mol. The maximum Gasteiger partial charge on any atom is 0.323 e. The number of likely N-dealkylation sites (N-methyl/N-ethyl adjacent to an activating group) is 1. The molecule has 0 saturated heterocycles. The van der Waals surface area contributed by atoms with Crippen molar-refractivity contribution in [3.8, 4) is 16.9 Å². The summed E-state index contributed by atoms with van der Waals surface area (Å²) in [4.78, 5) is 22.5. The molecule has 0 bridgehead atoms. The van der Waals surface area contributed by atoms with E-state index in [1.165, 1.54) is 11.3 Å². The van der Waals surface area contributed by atoms with Gasteiger partial charge in [0.2, 0.25) is 0 Å². The van der Waals surface area contributed by atoms with Crippen molar-refractivity contribution in [2.75, 3.05) is 25.6 Å². The highest BCUT2D eigenvalue weighted by Crippen LogP contribution is 2.38. The van der Waals surface area contributed by atoms with Crippen molar-refractivity contribution in [1.82, 2.24) is 9.97 Å². The number of fused-ring (bicyclic) bond motifs is 1. The number of carbonyl (C=O) groups is 1. The molecule has 0 aliphatic heterocycles. The number of hydrogen-bond donors (Lipinski definition) is 1. The normalized spacial score (nSPS) is 10.8. The summed E-state index contributed by atoms with van der Waals surface area (Å²) in [6, 6.07) is 7.74. The third kappa shape index (κ3) is 3.03. The molecule has 1 aromatic carbocycles. The Morgan fingerprint density at radius 1 is 1.29 bits per heavy atom. The van der Waals surface area contributed by atoms with E-state index in [9.17, 15) is 4.79 Å². The van der Waals surface area contributed by atoms with Crippen molar-refractivity contribution in [2.45, 2.75) is 6.92 Å². The van der Waals surface area contributed by atoms with Gasteiger partial charge >= 0.3 is 5.97 Å². The number of carboxylic acid groups (broad SMARTS) is 1. The van der Waals surface area contributed by atoms with E-state index >= 15 is 0 Å². The van der Waals surface area contributed by atoms with Crippen molar-refractivity contribution in [1.29, 1.82) is 0 Å². The molecule has 3 rings (SSSR count). The second-order valence-corrected chi connectivity index (χ2v) is 6.26. The van der Waals surface area contributed by atoms with Crippen LogP contribution in [0, 0.1) is 6.92 Å². The van der Waals surface area contributed by atoms with Crippen molar-refractivity contribution < 1.29 is 14.6 Å². The minimum atomic E-state index is -0.900. The van der Waals surface area contributed by atoms with E-state index in [1.54, 1.807) is 19.1 Å². The van der Waals surface area contributed by atoms with Gasteiger partial charge in [0.05, 0.1) is 12.5 Å². The van der Waals surface area contributed by atoms with E-state index in [-0.39, 0.29) is 6.54 Å². The van der Waals surface area contributed by atoms with Crippen LogP contribution in [0.3, 0.4) is 0 Å². The van der Waals surface area contributed by atoms with Gasteiger partial charge in [-0.3, -0.25) is 4.79 Å². The summed E-state index contributed by atoms with van der Waals surface area (Å²) in [7, 11) is 3.36. The third-order valence-electron chi connectivity index (χ3n) is 3.66. The average molecular weight is 343 g/mol. The Kier molecular flexibility index (Phi) is 4.35. The van der Waals surface area contributed by atoms with Crippen LogP contribution in [0.4, 0.5) is 5.82 Å². The minimum Gasteiger partial charge on any atom is -0.497 e. The lowest BCUT2D eigenvalue weighted by Gasteiger charge is -2.18. The van der Waals surface area contributed by atoms with Crippen molar-refractivity contribution >= 4 is 33.3 Å². The number of anilines is 1. The molecule has 7 heteroatoms.